The largest absolute Gasteiger partial charge is 0.493 e. The standard InChI is InChI=1S/C21H29N5O3/c1-14(22)20-23-18(11-15-4-5-16(28-2)17(10-15)29-3)24-26(20)12-19(27)25-9-8-21(13-25)6-7-21/h4-5,10,14H,6-9,11-13,22H2,1-3H3/t14-/m1/s1. The van der Waals surface area contributed by atoms with E-state index in [4.69, 9.17) is 15.2 Å². The number of carbonyl (C=O) groups excluding carboxylic acids is 1. The monoisotopic (exact) mass is 399 g/mol. The average Bonchev–Trinajstić information content (AvgIpc) is 3.14. The SMILES string of the molecule is COc1ccc(Cc2nc([C@@H](C)N)n(CC(=O)N3CCC4(CC4)C3)n2)cc1OC. The molecule has 2 fully saturated rings. The molecule has 29 heavy (non-hydrogen) atoms. The lowest BCUT2D eigenvalue weighted by atomic mass is 10.1. The van der Waals surface area contributed by atoms with E-state index in [1.807, 2.05) is 30.0 Å². The van der Waals surface area contributed by atoms with Crippen LogP contribution in [0.1, 0.15) is 49.4 Å². The molecule has 1 amide bonds. The number of carbonyl (C=O) groups is 1. The van der Waals surface area contributed by atoms with Crippen LogP contribution in [0.4, 0.5) is 0 Å². The quantitative estimate of drug-likeness (QED) is 0.764. The third-order valence-corrected chi connectivity index (χ3v) is 5.99. The third kappa shape index (κ3) is 4.07. The molecule has 1 spiro atoms. The lowest BCUT2D eigenvalue weighted by molar-refractivity contribution is -0.131. The molecular weight excluding hydrogens is 370 g/mol. The predicted molar refractivity (Wildman–Crippen MR) is 108 cm³/mol. The molecule has 0 bridgehead atoms. The minimum atomic E-state index is -0.303. The molecule has 1 aliphatic carbocycles. The summed E-state index contributed by atoms with van der Waals surface area (Å²) < 4.78 is 12.3. The number of rotatable bonds is 7. The molecule has 2 N–H and O–H groups in total. The van der Waals surface area contributed by atoms with Gasteiger partial charge in [-0.05, 0) is 49.3 Å². The molecule has 1 atom stereocenters. The smallest absolute Gasteiger partial charge is 0.244 e. The van der Waals surface area contributed by atoms with Crippen LogP contribution in [-0.2, 0) is 17.8 Å². The lowest BCUT2D eigenvalue weighted by Gasteiger charge is -2.17. The van der Waals surface area contributed by atoms with E-state index in [-0.39, 0.29) is 18.5 Å². The first-order valence-electron chi connectivity index (χ1n) is 10.1. The summed E-state index contributed by atoms with van der Waals surface area (Å²) in [6.07, 6.45) is 4.15. The second kappa shape index (κ2) is 7.67. The Morgan fingerprint density at radius 3 is 2.62 bits per heavy atom. The molecule has 1 aromatic heterocycles. The van der Waals surface area contributed by atoms with Crippen molar-refractivity contribution < 1.29 is 14.3 Å². The van der Waals surface area contributed by atoms with Crippen molar-refractivity contribution in [1.82, 2.24) is 19.7 Å². The van der Waals surface area contributed by atoms with E-state index < -0.39 is 0 Å². The van der Waals surface area contributed by atoms with Gasteiger partial charge < -0.3 is 20.1 Å². The Kier molecular flexibility index (Phi) is 5.21. The van der Waals surface area contributed by atoms with Crippen molar-refractivity contribution in [3.05, 3.63) is 35.4 Å². The van der Waals surface area contributed by atoms with Crippen LogP contribution in [0.5, 0.6) is 11.5 Å². The number of amides is 1. The first-order chi connectivity index (χ1) is 13.9. The summed E-state index contributed by atoms with van der Waals surface area (Å²) in [4.78, 5) is 19.4. The van der Waals surface area contributed by atoms with E-state index in [1.54, 1.807) is 18.9 Å². The number of benzene rings is 1. The molecule has 0 unspecified atom stereocenters. The molecule has 1 aliphatic heterocycles. The van der Waals surface area contributed by atoms with E-state index in [0.29, 0.717) is 35.0 Å². The Morgan fingerprint density at radius 2 is 2.00 bits per heavy atom. The van der Waals surface area contributed by atoms with Crippen molar-refractivity contribution in [1.29, 1.82) is 0 Å². The fraction of sp³-hybridized carbons (Fsp3) is 0.571. The number of likely N-dealkylation sites (tertiary alicyclic amines) is 1. The Bertz CT molecular complexity index is 904. The number of ether oxygens (including phenoxy) is 2. The molecule has 1 aromatic carbocycles. The predicted octanol–water partition coefficient (Wildman–Crippen LogP) is 1.92. The molecular formula is C21H29N5O3. The normalized spacial score (nSPS) is 18.1. The maximum absolute atomic E-state index is 12.8. The van der Waals surface area contributed by atoms with Gasteiger partial charge in [0.2, 0.25) is 5.91 Å². The second-order valence-corrected chi connectivity index (χ2v) is 8.26. The Hall–Kier alpha value is -2.61. The van der Waals surface area contributed by atoms with Gasteiger partial charge in [0.25, 0.3) is 0 Å². The van der Waals surface area contributed by atoms with Gasteiger partial charge in [0.1, 0.15) is 12.4 Å². The zero-order valence-corrected chi connectivity index (χ0v) is 17.4. The first kappa shape index (κ1) is 19.7. The number of nitrogens with two attached hydrogens (primary N) is 1. The molecule has 2 aromatic rings. The van der Waals surface area contributed by atoms with Crippen molar-refractivity contribution in [3.63, 3.8) is 0 Å². The van der Waals surface area contributed by atoms with E-state index in [2.05, 4.69) is 10.1 Å². The molecule has 1 saturated carbocycles. The van der Waals surface area contributed by atoms with Gasteiger partial charge in [-0.25, -0.2) is 9.67 Å². The highest BCUT2D eigenvalue weighted by Crippen LogP contribution is 2.52. The summed E-state index contributed by atoms with van der Waals surface area (Å²) >= 11 is 0. The molecule has 8 heteroatoms. The number of aromatic nitrogens is 3. The van der Waals surface area contributed by atoms with Crippen molar-refractivity contribution >= 4 is 5.91 Å². The van der Waals surface area contributed by atoms with Crippen LogP contribution in [0.3, 0.4) is 0 Å². The van der Waals surface area contributed by atoms with Crippen LogP contribution in [0.15, 0.2) is 18.2 Å². The fourth-order valence-corrected chi connectivity index (χ4v) is 4.07. The first-order valence-corrected chi connectivity index (χ1v) is 10.1. The summed E-state index contributed by atoms with van der Waals surface area (Å²) in [6, 6.07) is 5.43. The van der Waals surface area contributed by atoms with Gasteiger partial charge in [-0.15, -0.1) is 0 Å². The summed E-state index contributed by atoms with van der Waals surface area (Å²) in [6.45, 7) is 3.78. The average molecular weight is 399 g/mol. The number of hydrogen-bond donors (Lipinski definition) is 1. The van der Waals surface area contributed by atoms with Crippen molar-refractivity contribution in [2.45, 2.75) is 45.2 Å². The van der Waals surface area contributed by atoms with Gasteiger partial charge in [0.15, 0.2) is 17.3 Å². The van der Waals surface area contributed by atoms with Gasteiger partial charge in [-0.3, -0.25) is 4.79 Å². The Labute approximate surface area is 171 Å². The van der Waals surface area contributed by atoms with Crippen LogP contribution in [-0.4, -0.2) is 52.9 Å². The van der Waals surface area contributed by atoms with E-state index >= 15 is 0 Å². The van der Waals surface area contributed by atoms with Crippen LogP contribution >= 0.6 is 0 Å². The summed E-state index contributed by atoms with van der Waals surface area (Å²) in [5, 5.41) is 4.59. The van der Waals surface area contributed by atoms with E-state index in [0.717, 1.165) is 25.1 Å². The maximum Gasteiger partial charge on any atom is 0.244 e. The molecule has 156 valence electrons. The minimum Gasteiger partial charge on any atom is -0.493 e. The number of nitrogens with zero attached hydrogens (tertiary/aromatic N) is 4. The van der Waals surface area contributed by atoms with Gasteiger partial charge in [0.05, 0.1) is 20.3 Å². The number of methoxy groups -OCH3 is 2. The molecule has 8 nitrogen and oxygen atoms in total. The molecule has 1 saturated heterocycles. The number of hydrogen-bond acceptors (Lipinski definition) is 6. The summed E-state index contributed by atoms with van der Waals surface area (Å²) in [7, 11) is 3.22. The molecule has 2 aliphatic rings. The fourth-order valence-electron chi connectivity index (χ4n) is 4.07. The van der Waals surface area contributed by atoms with Crippen LogP contribution in [0.25, 0.3) is 0 Å². The minimum absolute atomic E-state index is 0.0956. The zero-order valence-electron chi connectivity index (χ0n) is 17.4. The van der Waals surface area contributed by atoms with Crippen LogP contribution < -0.4 is 15.2 Å². The van der Waals surface area contributed by atoms with Crippen LogP contribution in [0.2, 0.25) is 0 Å². The molecule has 4 rings (SSSR count). The Balaban J connectivity index is 1.50. The molecule has 2 heterocycles. The Morgan fingerprint density at radius 1 is 1.24 bits per heavy atom. The van der Waals surface area contributed by atoms with Crippen LogP contribution in [0, 0.1) is 5.41 Å². The summed E-state index contributed by atoms with van der Waals surface area (Å²) in [5.74, 6) is 2.70. The highest BCUT2D eigenvalue weighted by atomic mass is 16.5. The maximum atomic E-state index is 12.8. The van der Waals surface area contributed by atoms with E-state index in [1.165, 1.54) is 12.8 Å². The zero-order chi connectivity index (χ0) is 20.6. The third-order valence-electron chi connectivity index (χ3n) is 5.99. The van der Waals surface area contributed by atoms with Crippen molar-refractivity contribution in [2.24, 2.45) is 11.1 Å². The highest BCUT2D eigenvalue weighted by molar-refractivity contribution is 5.76. The lowest BCUT2D eigenvalue weighted by Crippen LogP contribution is -2.33. The van der Waals surface area contributed by atoms with E-state index in [9.17, 15) is 4.79 Å². The van der Waals surface area contributed by atoms with Crippen molar-refractivity contribution in [2.75, 3.05) is 27.3 Å². The van der Waals surface area contributed by atoms with Gasteiger partial charge >= 0.3 is 0 Å². The highest BCUT2D eigenvalue weighted by Gasteiger charge is 2.48. The summed E-state index contributed by atoms with van der Waals surface area (Å²) in [5.41, 5.74) is 7.52. The van der Waals surface area contributed by atoms with Gasteiger partial charge in [-0.2, -0.15) is 5.10 Å². The second-order valence-electron chi connectivity index (χ2n) is 8.26. The molecule has 0 radical (unpaired) electrons. The van der Waals surface area contributed by atoms with Gasteiger partial charge in [0, 0.05) is 19.5 Å². The van der Waals surface area contributed by atoms with Crippen molar-refractivity contribution in [3.8, 4) is 11.5 Å². The van der Waals surface area contributed by atoms with Gasteiger partial charge in [-0.1, -0.05) is 6.07 Å². The topological polar surface area (TPSA) is 95.5 Å².